The zero-order chi connectivity index (χ0) is 18.6. The molecule has 2 aromatic carbocycles. The second-order valence-electron chi connectivity index (χ2n) is 5.23. The van der Waals surface area contributed by atoms with Crippen LogP contribution < -0.4 is 10.6 Å². The number of carbonyl (C=O) groups excluding carboxylic acids is 1. The molecule has 25 heavy (non-hydrogen) atoms. The van der Waals surface area contributed by atoms with Crippen LogP contribution in [0.4, 0.5) is 30.2 Å². The number of aryl methyl sites for hydroxylation is 1. The van der Waals surface area contributed by atoms with Crippen molar-refractivity contribution in [1.29, 1.82) is 0 Å². The van der Waals surface area contributed by atoms with Crippen LogP contribution in [0, 0.1) is 17.0 Å². The molecular formula is C16H14F3N3O3. The summed E-state index contributed by atoms with van der Waals surface area (Å²) in [6.07, 6.45) is -4.41. The van der Waals surface area contributed by atoms with Gasteiger partial charge in [0.05, 0.1) is 17.0 Å². The Bertz CT molecular complexity index is 789. The summed E-state index contributed by atoms with van der Waals surface area (Å²) in [5.74, 6) is -0.433. The predicted octanol–water partition coefficient (Wildman–Crippen LogP) is 3.97. The normalized spacial score (nSPS) is 11.0. The number of hydrogen-bond acceptors (Lipinski definition) is 4. The number of non-ortho nitro benzene ring substituents is 1. The van der Waals surface area contributed by atoms with E-state index in [1.165, 1.54) is 30.3 Å². The fraction of sp³-hybridized carbons (Fsp3) is 0.188. The topological polar surface area (TPSA) is 84.3 Å². The summed E-state index contributed by atoms with van der Waals surface area (Å²) >= 11 is 0. The largest absolute Gasteiger partial charge is 0.416 e. The van der Waals surface area contributed by atoms with Gasteiger partial charge in [0.25, 0.3) is 5.69 Å². The molecule has 2 aromatic rings. The molecule has 6 nitrogen and oxygen atoms in total. The van der Waals surface area contributed by atoms with Crippen molar-refractivity contribution < 1.29 is 22.9 Å². The maximum absolute atomic E-state index is 12.5. The van der Waals surface area contributed by atoms with Crippen LogP contribution in [0.25, 0.3) is 0 Å². The number of anilines is 2. The van der Waals surface area contributed by atoms with E-state index in [1.807, 2.05) is 0 Å². The van der Waals surface area contributed by atoms with Crippen LogP contribution in [0.15, 0.2) is 42.5 Å². The van der Waals surface area contributed by atoms with Crippen molar-refractivity contribution >= 4 is 23.0 Å². The molecule has 0 atom stereocenters. The highest BCUT2D eigenvalue weighted by Gasteiger charge is 2.29. The van der Waals surface area contributed by atoms with Gasteiger partial charge in [-0.2, -0.15) is 13.2 Å². The molecule has 9 heteroatoms. The summed E-state index contributed by atoms with van der Waals surface area (Å²) in [5, 5.41) is 16.0. The van der Waals surface area contributed by atoms with E-state index in [0.717, 1.165) is 12.1 Å². The molecule has 0 fully saturated rings. The minimum absolute atomic E-state index is 0.0848. The Morgan fingerprint density at radius 3 is 2.32 bits per heavy atom. The number of nitrogens with one attached hydrogen (secondary N) is 2. The Morgan fingerprint density at radius 2 is 1.80 bits per heavy atom. The Hall–Kier alpha value is -3.10. The first kappa shape index (κ1) is 18.2. The molecule has 0 saturated carbocycles. The summed E-state index contributed by atoms with van der Waals surface area (Å²) in [7, 11) is 0. The lowest BCUT2D eigenvalue weighted by Gasteiger charge is -2.11. The Labute approximate surface area is 140 Å². The number of nitro groups is 1. The number of hydrogen-bond donors (Lipinski definition) is 2. The van der Waals surface area contributed by atoms with E-state index < -0.39 is 22.6 Å². The van der Waals surface area contributed by atoms with Gasteiger partial charge in [-0.05, 0) is 42.8 Å². The SMILES string of the molecule is Cc1cc([N+](=O)[O-])ccc1NC(=O)CNc1ccc(C(F)(F)F)cc1. The van der Waals surface area contributed by atoms with Gasteiger partial charge in [0, 0.05) is 23.5 Å². The van der Waals surface area contributed by atoms with Crippen LogP contribution in [0.3, 0.4) is 0 Å². The van der Waals surface area contributed by atoms with E-state index >= 15 is 0 Å². The number of benzene rings is 2. The summed E-state index contributed by atoms with van der Waals surface area (Å²) in [6.45, 7) is 1.45. The minimum Gasteiger partial charge on any atom is -0.376 e. The lowest BCUT2D eigenvalue weighted by Crippen LogP contribution is -2.22. The fourth-order valence-electron chi connectivity index (χ4n) is 2.06. The van der Waals surface area contributed by atoms with E-state index in [-0.39, 0.29) is 12.2 Å². The zero-order valence-corrected chi connectivity index (χ0v) is 13.1. The van der Waals surface area contributed by atoms with Crippen molar-refractivity contribution in [1.82, 2.24) is 0 Å². The van der Waals surface area contributed by atoms with Crippen LogP contribution in [-0.2, 0) is 11.0 Å². The van der Waals surface area contributed by atoms with Crippen molar-refractivity contribution in [3.05, 3.63) is 63.7 Å². The highest BCUT2D eigenvalue weighted by molar-refractivity contribution is 5.94. The third-order valence-corrected chi connectivity index (χ3v) is 3.36. The highest BCUT2D eigenvalue weighted by atomic mass is 19.4. The minimum atomic E-state index is -4.41. The van der Waals surface area contributed by atoms with E-state index in [1.54, 1.807) is 6.92 Å². The maximum atomic E-state index is 12.5. The molecule has 0 bridgehead atoms. The Morgan fingerprint density at radius 1 is 1.16 bits per heavy atom. The van der Waals surface area contributed by atoms with Crippen LogP contribution in [-0.4, -0.2) is 17.4 Å². The van der Waals surface area contributed by atoms with Gasteiger partial charge in [-0.1, -0.05) is 0 Å². The quantitative estimate of drug-likeness (QED) is 0.629. The van der Waals surface area contributed by atoms with Crippen molar-refractivity contribution in [3.63, 3.8) is 0 Å². The first-order valence-electron chi connectivity index (χ1n) is 7.13. The summed E-state index contributed by atoms with van der Waals surface area (Å²) in [6, 6.07) is 8.32. The Balaban J connectivity index is 1.94. The van der Waals surface area contributed by atoms with E-state index in [9.17, 15) is 28.1 Å². The number of alkyl halides is 3. The molecule has 0 aliphatic rings. The lowest BCUT2D eigenvalue weighted by atomic mass is 10.2. The zero-order valence-electron chi connectivity index (χ0n) is 13.1. The first-order chi connectivity index (χ1) is 11.7. The standard InChI is InChI=1S/C16H14F3N3O3/c1-10-8-13(22(24)25)6-7-14(10)21-15(23)9-20-12-4-2-11(3-5-12)16(17,18)19/h2-8,20H,9H2,1H3,(H,21,23). The predicted molar refractivity (Wildman–Crippen MR) is 86.4 cm³/mol. The second kappa shape index (κ2) is 7.20. The van der Waals surface area contributed by atoms with E-state index in [2.05, 4.69) is 10.6 Å². The van der Waals surface area contributed by atoms with Gasteiger partial charge < -0.3 is 10.6 Å². The molecule has 0 aliphatic heterocycles. The molecule has 0 aromatic heterocycles. The fourth-order valence-corrected chi connectivity index (χ4v) is 2.06. The lowest BCUT2D eigenvalue weighted by molar-refractivity contribution is -0.384. The monoisotopic (exact) mass is 353 g/mol. The second-order valence-corrected chi connectivity index (χ2v) is 5.23. The van der Waals surface area contributed by atoms with Crippen LogP contribution >= 0.6 is 0 Å². The van der Waals surface area contributed by atoms with Gasteiger partial charge in [-0.3, -0.25) is 14.9 Å². The Kier molecular flexibility index (Phi) is 5.26. The summed E-state index contributed by atoms with van der Waals surface area (Å²) < 4.78 is 37.4. The van der Waals surface area contributed by atoms with Crippen LogP contribution in [0.2, 0.25) is 0 Å². The molecular weight excluding hydrogens is 339 g/mol. The van der Waals surface area contributed by atoms with Crippen molar-refractivity contribution in [2.24, 2.45) is 0 Å². The first-order valence-corrected chi connectivity index (χ1v) is 7.13. The third-order valence-electron chi connectivity index (χ3n) is 3.36. The van der Waals surface area contributed by atoms with Gasteiger partial charge in [0.1, 0.15) is 0 Å². The summed E-state index contributed by atoms with van der Waals surface area (Å²) in [5.41, 5.74) is 0.452. The molecule has 132 valence electrons. The third kappa shape index (κ3) is 4.93. The molecule has 0 spiro atoms. The number of nitrogens with zero attached hydrogens (tertiary/aromatic N) is 1. The average molecular weight is 353 g/mol. The van der Waals surface area contributed by atoms with Gasteiger partial charge in [-0.25, -0.2) is 0 Å². The maximum Gasteiger partial charge on any atom is 0.416 e. The number of carbonyl (C=O) groups is 1. The number of nitro benzene ring substituents is 1. The molecule has 0 unspecified atom stereocenters. The van der Waals surface area contributed by atoms with Crippen molar-refractivity contribution in [2.45, 2.75) is 13.1 Å². The van der Waals surface area contributed by atoms with Gasteiger partial charge in [0.2, 0.25) is 5.91 Å². The van der Waals surface area contributed by atoms with E-state index in [4.69, 9.17) is 0 Å². The molecule has 2 N–H and O–H groups in total. The number of rotatable bonds is 5. The highest BCUT2D eigenvalue weighted by Crippen LogP contribution is 2.29. The molecule has 0 heterocycles. The van der Waals surface area contributed by atoms with Crippen molar-refractivity contribution in [3.8, 4) is 0 Å². The smallest absolute Gasteiger partial charge is 0.376 e. The molecule has 2 rings (SSSR count). The summed E-state index contributed by atoms with van der Waals surface area (Å²) in [4.78, 5) is 22.0. The molecule has 0 radical (unpaired) electrons. The van der Waals surface area contributed by atoms with Gasteiger partial charge in [-0.15, -0.1) is 0 Å². The van der Waals surface area contributed by atoms with Crippen LogP contribution in [0.5, 0.6) is 0 Å². The van der Waals surface area contributed by atoms with Crippen LogP contribution in [0.1, 0.15) is 11.1 Å². The average Bonchev–Trinajstić information content (AvgIpc) is 2.54. The molecule has 0 saturated heterocycles. The number of amides is 1. The molecule has 0 aliphatic carbocycles. The van der Waals surface area contributed by atoms with E-state index in [0.29, 0.717) is 16.9 Å². The molecule has 1 amide bonds. The number of halogens is 3. The van der Waals surface area contributed by atoms with Gasteiger partial charge in [0.15, 0.2) is 0 Å². The van der Waals surface area contributed by atoms with Gasteiger partial charge >= 0.3 is 6.18 Å². The van der Waals surface area contributed by atoms with Crippen molar-refractivity contribution in [2.75, 3.05) is 17.2 Å².